The molecule has 5 heteroatoms. The fraction of sp³-hybridized carbons (Fsp3) is 0.875. The van der Waals surface area contributed by atoms with Crippen molar-refractivity contribution in [1.82, 2.24) is 5.06 Å². The van der Waals surface area contributed by atoms with E-state index in [1.165, 1.54) is 0 Å². The van der Waals surface area contributed by atoms with Gasteiger partial charge in [-0.25, -0.2) is 0 Å². The molecule has 1 fully saturated rings. The number of rotatable bonds is 2. The Kier molecular flexibility index (Phi) is 6.99. The van der Waals surface area contributed by atoms with Crippen LogP contribution in [0.3, 0.4) is 0 Å². The van der Waals surface area contributed by atoms with Crippen LogP contribution in [0.15, 0.2) is 0 Å². The summed E-state index contributed by atoms with van der Waals surface area (Å²) in [6.45, 7) is 5.71. The number of hydrogen-bond donors (Lipinski definition) is 0. The number of hydrogen-bond acceptors (Lipinski definition) is 4. The zero-order valence-corrected chi connectivity index (χ0v) is 7.58. The molecule has 1 aliphatic rings. The molecule has 0 radical (unpaired) electrons. The Morgan fingerprint density at radius 1 is 1.69 bits per heavy atom. The van der Waals surface area contributed by atoms with Gasteiger partial charge in [0, 0.05) is 6.42 Å². The molecule has 0 aromatic carbocycles. The van der Waals surface area contributed by atoms with E-state index in [1.807, 2.05) is 6.92 Å². The third-order valence-corrected chi connectivity index (χ3v) is 1.81. The molecule has 1 atom stereocenters. The van der Waals surface area contributed by atoms with Crippen molar-refractivity contribution in [2.75, 3.05) is 19.8 Å². The van der Waals surface area contributed by atoms with Crippen LogP contribution in [0.4, 0.5) is 0 Å². The molecule has 0 amide bonds. The zero-order chi connectivity index (χ0) is 8.97. The van der Waals surface area contributed by atoms with Gasteiger partial charge in [-0.2, -0.15) is 0 Å². The second-order valence-electron chi connectivity index (χ2n) is 2.88. The first kappa shape index (κ1) is 13.4. The van der Waals surface area contributed by atoms with E-state index in [0.29, 0.717) is 26.2 Å². The number of ether oxygens (including phenoxy) is 1. The fourth-order valence-corrected chi connectivity index (χ4v) is 1.04. The predicted octanol–water partition coefficient (Wildman–Crippen LogP) is -0.0732. The number of carbonyl (C=O) groups is 1. The molecule has 0 aliphatic carbocycles. The molecule has 4 nitrogen and oxygen atoms in total. The first-order chi connectivity index (χ1) is 5.74. The summed E-state index contributed by atoms with van der Waals surface area (Å²) in [7, 11) is 0. The van der Waals surface area contributed by atoms with E-state index in [4.69, 9.17) is 9.57 Å². The Balaban J connectivity index is 0.00000144. The van der Waals surface area contributed by atoms with Gasteiger partial charge >= 0.3 is 35.5 Å². The summed E-state index contributed by atoms with van der Waals surface area (Å²) in [5.41, 5.74) is 0. The Bertz CT molecular complexity index is 165. The van der Waals surface area contributed by atoms with E-state index >= 15 is 0 Å². The van der Waals surface area contributed by atoms with Gasteiger partial charge in [0.25, 0.3) is 0 Å². The zero-order valence-electron chi connectivity index (χ0n) is 7.58. The normalized spacial score (nSPS) is 23.4. The van der Waals surface area contributed by atoms with Crippen molar-refractivity contribution in [2.45, 2.75) is 26.3 Å². The van der Waals surface area contributed by atoms with Crippen LogP contribution < -0.4 is 0 Å². The minimum absolute atomic E-state index is 0. The number of nitrogens with zero attached hydrogens (tertiary/aromatic N) is 1. The number of morpholine rings is 1. The van der Waals surface area contributed by atoms with Crippen molar-refractivity contribution in [2.24, 2.45) is 0 Å². The summed E-state index contributed by atoms with van der Waals surface area (Å²) in [5, 5.41) is 1.69. The molecule has 13 heavy (non-hydrogen) atoms. The third-order valence-electron chi connectivity index (χ3n) is 1.81. The van der Waals surface area contributed by atoms with Gasteiger partial charge in [0.05, 0.1) is 25.8 Å². The van der Waals surface area contributed by atoms with Crippen molar-refractivity contribution < 1.29 is 14.4 Å². The Labute approximate surface area is 101 Å². The summed E-state index contributed by atoms with van der Waals surface area (Å²) in [4.78, 5) is 16.0. The molecule has 0 aromatic heterocycles. The van der Waals surface area contributed by atoms with Gasteiger partial charge in [-0.1, -0.05) is 6.92 Å². The molecule has 0 bridgehead atoms. The molecular formula is C8H16NNaO3. The van der Waals surface area contributed by atoms with E-state index in [-0.39, 0.29) is 41.6 Å². The van der Waals surface area contributed by atoms with Crippen molar-refractivity contribution >= 4 is 35.5 Å². The van der Waals surface area contributed by atoms with Crippen LogP contribution in [-0.2, 0) is 14.4 Å². The van der Waals surface area contributed by atoms with Gasteiger partial charge in [0.1, 0.15) is 0 Å². The molecule has 1 aliphatic heterocycles. The van der Waals surface area contributed by atoms with Gasteiger partial charge < -0.3 is 9.57 Å². The molecule has 1 rings (SSSR count). The van der Waals surface area contributed by atoms with Gasteiger partial charge in [-0.15, -0.1) is 5.06 Å². The predicted molar refractivity (Wildman–Crippen MR) is 50.5 cm³/mol. The molecule has 0 saturated carbocycles. The fourth-order valence-electron chi connectivity index (χ4n) is 1.04. The van der Waals surface area contributed by atoms with Crippen molar-refractivity contribution in [3.8, 4) is 0 Å². The van der Waals surface area contributed by atoms with Crippen LogP contribution >= 0.6 is 0 Å². The topological polar surface area (TPSA) is 38.8 Å². The van der Waals surface area contributed by atoms with Gasteiger partial charge in [0.15, 0.2) is 0 Å². The maximum absolute atomic E-state index is 10.9. The quantitative estimate of drug-likeness (QED) is 0.581. The molecule has 1 heterocycles. The van der Waals surface area contributed by atoms with E-state index in [1.54, 1.807) is 12.0 Å². The van der Waals surface area contributed by atoms with Gasteiger partial charge in [-0.3, -0.25) is 4.79 Å². The van der Waals surface area contributed by atoms with Crippen LogP contribution in [-0.4, -0.2) is 66.4 Å². The summed E-state index contributed by atoms with van der Waals surface area (Å²) < 4.78 is 5.19. The van der Waals surface area contributed by atoms with Crippen molar-refractivity contribution in [3.05, 3.63) is 0 Å². The van der Waals surface area contributed by atoms with E-state index in [0.717, 1.165) is 0 Å². The second kappa shape index (κ2) is 6.79. The number of hydroxylamine groups is 2. The Morgan fingerprint density at radius 2 is 2.38 bits per heavy atom. The van der Waals surface area contributed by atoms with Crippen molar-refractivity contribution in [1.29, 1.82) is 0 Å². The summed E-state index contributed by atoms with van der Waals surface area (Å²) >= 11 is 0. The first-order valence-electron chi connectivity index (χ1n) is 4.29. The van der Waals surface area contributed by atoms with Crippen LogP contribution in [0.25, 0.3) is 0 Å². The Morgan fingerprint density at radius 3 is 2.92 bits per heavy atom. The van der Waals surface area contributed by atoms with E-state index in [2.05, 4.69) is 0 Å². The molecule has 72 valence electrons. The standard InChI is InChI=1S/C8H15NO3.Na.H/c1-3-8(10)12-9-4-5-11-6-7(9)2;;/h7H,3-6H2,1-2H3;;. The monoisotopic (exact) mass is 197 g/mol. The average Bonchev–Trinajstić information content (AvgIpc) is 2.09. The van der Waals surface area contributed by atoms with Gasteiger partial charge in [0.2, 0.25) is 0 Å². The second-order valence-corrected chi connectivity index (χ2v) is 2.88. The molecule has 0 spiro atoms. The minimum atomic E-state index is -0.177. The summed E-state index contributed by atoms with van der Waals surface area (Å²) in [6, 6.07) is 0.175. The first-order valence-corrected chi connectivity index (χ1v) is 4.29. The van der Waals surface area contributed by atoms with E-state index in [9.17, 15) is 4.79 Å². The van der Waals surface area contributed by atoms with E-state index < -0.39 is 0 Å². The van der Waals surface area contributed by atoms with Gasteiger partial charge in [-0.05, 0) is 6.92 Å². The van der Waals surface area contributed by atoms with Crippen LogP contribution in [0.5, 0.6) is 0 Å². The average molecular weight is 197 g/mol. The maximum atomic E-state index is 10.9. The third kappa shape index (κ3) is 4.42. The van der Waals surface area contributed by atoms with Crippen LogP contribution in [0, 0.1) is 0 Å². The van der Waals surface area contributed by atoms with Crippen molar-refractivity contribution in [3.63, 3.8) is 0 Å². The number of carbonyl (C=O) groups excluding carboxylic acids is 1. The summed E-state index contributed by atoms with van der Waals surface area (Å²) in [5.74, 6) is -0.177. The Hall–Kier alpha value is 0.390. The molecular weight excluding hydrogens is 181 g/mol. The molecule has 0 aromatic rings. The summed E-state index contributed by atoms with van der Waals surface area (Å²) in [6.07, 6.45) is 0.421. The van der Waals surface area contributed by atoms with Crippen LogP contribution in [0.1, 0.15) is 20.3 Å². The molecule has 0 N–H and O–H groups in total. The van der Waals surface area contributed by atoms with Crippen LogP contribution in [0.2, 0.25) is 0 Å². The molecule has 1 unspecified atom stereocenters. The SMILES string of the molecule is CCC(=O)ON1CCOCC1C.[NaH]. The molecule has 1 saturated heterocycles.